The van der Waals surface area contributed by atoms with E-state index in [4.69, 9.17) is 15.0 Å². The van der Waals surface area contributed by atoms with E-state index in [9.17, 15) is 4.79 Å². The van der Waals surface area contributed by atoms with Crippen LogP contribution in [0.2, 0.25) is 0 Å². The minimum Gasteiger partial charge on any atom is -0.444 e. The third-order valence-electron chi connectivity index (χ3n) is 1.62. The van der Waals surface area contributed by atoms with Gasteiger partial charge in [-0.15, -0.1) is 0 Å². The molecule has 3 N–H and O–H groups in total. The van der Waals surface area contributed by atoms with E-state index in [0.29, 0.717) is 18.0 Å². The van der Waals surface area contributed by atoms with E-state index in [2.05, 4.69) is 10.5 Å². The fourth-order valence-corrected chi connectivity index (χ4v) is 1.01. The van der Waals surface area contributed by atoms with Crippen LogP contribution in [0.3, 0.4) is 0 Å². The topological polar surface area (TPSA) is 90.4 Å². The lowest BCUT2D eigenvalue weighted by Gasteiger charge is -2.19. The quantitative estimate of drug-likeness (QED) is 0.808. The molecule has 0 atom stereocenters. The van der Waals surface area contributed by atoms with Gasteiger partial charge in [-0.25, -0.2) is 4.79 Å². The first-order valence-corrected chi connectivity index (χ1v) is 5.02. The van der Waals surface area contributed by atoms with Crippen molar-refractivity contribution in [2.75, 3.05) is 0 Å². The van der Waals surface area contributed by atoms with Crippen LogP contribution in [0.4, 0.5) is 4.79 Å². The monoisotopic (exact) mass is 227 g/mol. The average Bonchev–Trinajstić information content (AvgIpc) is 2.59. The molecule has 0 saturated heterocycles. The zero-order valence-corrected chi connectivity index (χ0v) is 9.74. The van der Waals surface area contributed by atoms with E-state index in [1.165, 1.54) is 0 Å². The number of alkyl carbamates (subject to hydrolysis) is 1. The highest BCUT2D eigenvalue weighted by molar-refractivity contribution is 5.67. The van der Waals surface area contributed by atoms with Crippen molar-refractivity contribution in [2.24, 2.45) is 5.73 Å². The van der Waals surface area contributed by atoms with Gasteiger partial charge in [0.15, 0.2) is 5.76 Å². The second kappa shape index (κ2) is 4.98. The molecule has 0 saturated carbocycles. The van der Waals surface area contributed by atoms with Crippen molar-refractivity contribution in [1.29, 1.82) is 0 Å². The third kappa shape index (κ3) is 4.31. The van der Waals surface area contributed by atoms with Crippen LogP contribution in [0, 0.1) is 0 Å². The Morgan fingerprint density at radius 1 is 1.62 bits per heavy atom. The van der Waals surface area contributed by atoms with Crippen molar-refractivity contribution in [3.63, 3.8) is 0 Å². The van der Waals surface area contributed by atoms with Gasteiger partial charge in [0.2, 0.25) is 0 Å². The Kier molecular flexibility index (Phi) is 3.89. The first kappa shape index (κ1) is 12.5. The number of nitrogens with one attached hydrogen (secondary N) is 1. The summed E-state index contributed by atoms with van der Waals surface area (Å²) in [6.45, 7) is 5.96. The summed E-state index contributed by atoms with van der Waals surface area (Å²) in [6, 6.07) is 1.69. The van der Waals surface area contributed by atoms with E-state index < -0.39 is 11.7 Å². The maximum Gasteiger partial charge on any atom is 0.407 e. The molecule has 1 amide bonds. The van der Waals surface area contributed by atoms with Crippen LogP contribution < -0.4 is 11.1 Å². The lowest BCUT2D eigenvalue weighted by atomic mass is 10.2. The second-order valence-corrected chi connectivity index (χ2v) is 4.34. The van der Waals surface area contributed by atoms with Crippen molar-refractivity contribution < 1.29 is 14.1 Å². The molecular weight excluding hydrogens is 210 g/mol. The summed E-state index contributed by atoms with van der Waals surface area (Å²) in [5.74, 6) is 0.584. The molecule has 6 heteroatoms. The van der Waals surface area contributed by atoms with Crippen LogP contribution in [-0.4, -0.2) is 16.9 Å². The summed E-state index contributed by atoms with van der Waals surface area (Å²) in [6.07, 6.45) is -0.482. The zero-order valence-electron chi connectivity index (χ0n) is 9.74. The highest BCUT2D eigenvalue weighted by Gasteiger charge is 2.16. The van der Waals surface area contributed by atoms with Gasteiger partial charge in [0, 0.05) is 6.07 Å². The van der Waals surface area contributed by atoms with Crippen LogP contribution >= 0.6 is 0 Å². The summed E-state index contributed by atoms with van der Waals surface area (Å²) in [5, 5.41) is 6.30. The molecule has 0 aliphatic heterocycles. The molecule has 6 nitrogen and oxygen atoms in total. The van der Waals surface area contributed by atoms with Gasteiger partial charge in [0.05, 0.1) is 13.1 Å². The summed E-state index contributed by atoms with van der Waals surface area (Å²) < 4.78 is 9.94. The molecule has 0 aliphatic rings. The molecule has 1 aromatic heterocycles. The molecule has 0 aromatic carbocycles. The normalized spacial score (nSPS) is 11.2. The van der Waals surface area contributed by atoms with Crippen molar-refractivity contribution in [3.05, 3.63) is 17.5 Å². The lowest BCUT2D eigenvalue weighted by Crippen LogP contribution is -2.32. The SMILES string of the molecule is CC(C)(C)OC(=O)NCc1cc(CN)on1. The fourth-order valence-electron chi connectivity index (χ4n) is 1.01. The number of nitrogens with two attached hydrogens (primary N) is 1. The van der Waals surface area contributed by atoms with Crippen molar-refractivity contribution in [3.8, 4) is 0 Å². The molecule has 1 rings (SSSR count). The molecule has 1 heterocycles. The zero-order chi connectivity index (χ0) is 12.2. The van der Waals surface area contributed by atoms with Crippen LogP contribution in [0.15, 0.2) is 10.6 Å². The molecule has 0 aliphatic carbocycles. The lowest BCUT2D eigenvalue weighted by molar-refractivity contribution is 0.0522. The van der Waals surface area contributed by atoms with Gasteiger partial charge in [0.25, 0.3) is 0 Å². The van der Waals surface area contributed by atoms with Crippen molar-refractivity contribution >= 4 is 6.09 Å². The van der Waals surface area contributed by atoms with E-state index >= 15 is 0 Å². The second-order valence-electron chi connectivity index (χ2n) is 4.34. The van der Waals surface area contributed by atoms with Gasteiger partial charge < -0.3 is 20.3 Å². The number of carbonyl (C=O) groups is 1. The number of hydrogen-bond donors (Lipinski definition) is 2. The number of ether oxygens (including phenoxy) is 1. The summed E-state index contributed by atoms with van der Waals surface area (Å²) >= 11 is 0. The molecule has 0 spiro atoms. The Labute approximate surface area is 94.1 Å². The Morgan fingerprint density at radius 3 is 2.81 bits per heavy atom. The van der Waals surface area contributed by atoms with Gasteiger partial charge in [-0.2, -0.15) is 0 Å². The minimum absolute atomic E-state index is 0.262. The van der Waals surface area contributed by atoms with Crippen molar-refractivity contribution in [2.45, 2.75) is 39.5 Å². The predicted molar refractivity (Wildman–Crippen MR) is 57.5 cm³/mol. The van der Waals surface area contributed by atoms with Gasteiger partial charge in [-0.3, -0.25) is 0 Å². The highest BCUT2D eigenvalue weighted by Crippen LogP contribution is 2.07. The number of hydrogen-bond acceptors (Lipinski definition) is 5. The van der Waals surface area contributed by atoms with E-state index in [-0.39, 0.29) is 6.54 Å². The Hall–Kier alpha value is -1.56. The first-order chi connectivity index (χ1) is 7.40. The Balaban J connectivity index is 2.37. The molecule has 16 heavy (non-hydrogen) atoms. The van der Waals surface area contributed by atoms with Gasteiger partial charge in [0.1, 0.15) is 11.3 Å². The summed E-state index contributed by atoms with van der Waals surface area (Å²) in [4.78, 5) is 11.3. The summed E-state index contributed by atoms with van der Waals surface area (Å²) in [7, 11) is 0. The largest absolute Gasteiger partial charge is 0.444 e. The highest BCUT2D eigenvalue weighted by atomic mass is 16.6. The molecule has 90 valence electrons. The molecule has 0 radical (unpaired) electrons. The number of nitrogens with zero attached hydrogens (tertiary/aromatic N) is 1. The van der Waals surface area contributed by atoms with Gasteiger partial charge in [-0.05, 0) is 20.8 Å². The van der Waals surface area contributed by atoms with Crippen LogP contribution in [0.5, 0.6) is 0 Å². The Bertz CT molecular complexity index is 354. The average molecular weight is 227 g/mol. The van der Waals surface area contributed by atoms with Crippen LogP contribution in [-0.2, 0) is 17.8 Å². The molecule has 1 aromatic rings. The molecule has 0 bridgehead atoms. The molecular formula is C10H17N3O3. The first-order valence-electron chi connectivity index (χ1n) is 5.02. The number of aromatic nitrogens is 1. The van der Waals surface area contributed by atoms with Gasteiger partial charge in [-0.1, -0.05) is 5.16 Å². The number of carbonyl (C=O) groups excluding carboxylic acids is 1. The number of amides is 1. The Morgan fingerprint density at radius 2 is 2.31 bits per heavy atom. The maximum atomic E-state index is 11.3. The van der Waals surface area contributed by atoms with Crippen molar-refractivity contribution in [1.82, 2.24) is 10.5 Å². The smallest absolute Gasteiger partial charge is 0.407 e. The van der Waals surface area contributed by atoms with Crippen LogP contribution in [0.1, 0.15) is 32.2 Å². The third-order valence-corrected chi connectivity index (χ3v) is 1.62. The number of rotatable bonds is 3. The predicted octanol–water partition coefficient (Wildman–Crippen LogP) is 1.16. The molecule has 0 unspecified atom stereocenters. The van der Waals surface area contributed by atoms with E-state index in [1.54, 1.807) is 26.8 Å². The van der Waals surface area contributed by atoms with Gasteiger partial charge >= 0.3 is 6.09 Å². The van der Waals surface area contributed by atoms with E-state index in [0.717, 1.165) is 0 Å². The maximum absolute atomic E-state index is 11.3. The van der Waals surface area contributed by atoms with E-state index in [1.807, 2.05) is 0 Å². The standard InChI is InChI=1S/C10H17N3O3/c1-10(2,3)15-9(14)12-6-7-4-8(5-11)16-13-7/h4H,5-6,11H2,1-3H3,(H,12,14). The fraction of sp³-hybridized carbons (Fsp3) is 0.600. The molecule has 0 fully saturated rings. The summed E-state index contributed by atoms with van der Waals surface area (Å²) in [5.41, 5.74) is 5.47. The van der Waals surface area contributed by atoms with Crippen LogP contribution in [0.25, 0.3) is 0 Å². The minimum atomic E-state index is -0.504.